The summed E-state index contributed by atoms with van der Waals surface area (Å²) in [7, 11) is -3.52. The van der Waals surface area contributed by atoms with Crippen LogP contribution in [0.5, 0.6) is 0 Å². The van der Waals surface area contributed by atoms with E-state index in [-0.39, 0.29) is 36.5 Å². The van der Waals surface area contributed by atoms with Gasteiger partial charge in [0.05, 0.1) is 15.8 Å². The van der Waals surface area contributed by atoms with E-state index in [4.69, 9.17) is 0 Å². The van der Waals surface area contributed by atoms with Crippen molar-refractivity contribution in [1.29, 1.82) is 0 Å². The number of benzene rings is 2. The van der Waals surface area contributed by atoms with Crippen molar-refractivity contribution < 1.29 is 22.0 Å². The molecule has 1 aliphatic heterocycles. The van der Waals surface area contributed by atoms with Gasteiger partial charge in [-0.25, -0.2) is 22.0 Å². The van der Waals surface area contributed by atoms with Gasteiger partial charge in [0.2, 0.25) is 0 Å². The third-order valence-corrected chi connectivity index (χ3v) is 8.34. The number of nitrogens with one attached hydrogen (secondary N) is 1. The van der Waals surface area contributed by atoms with Crippen LogP contribution >= 0.6 is 11.3 Å². The number of nitrogens with zero attached hydrogens (tertiary/aromatic N) is 1. The van der Waals surface area contributed by atoms with Gasteiger partial charge in [0.25, 0.3) is 0 Å². The van der Waals surface area contributed by atoms with Gasteiger partial charge in [-0.05, 0) is 65.1 Å². The number of amides is 2. The molecule has 0 bridgehead atoms. The summed E-state index contributed by atoms with van der Waals surface area (Å²) in [5, 5.41) is 5.79. The molecule has 4 rings (SSSR count). The molecule has 1 aromatic heterocycles. The minimum absolute atomic E-state index is 0.119. The van der Waals surface area contributed by atoms with Gasteiger partial charge in [-0.2, -0.15) is 11.3 Å². The van der Waals surface area contributed by atoms with Crippen LogP contribution in [0.2, 0.25) is 0 Å². The number of anilines is 1. The van der Waals surface area contributed by atoms with Crippen LogP contribution in [0.25, 0.3) is 11.1 Å². The second-order valence-electron chi connectivity index (χ2n) is 7.32. The van der Waals surface area contributed by atoms with Gasteiger partial charge in [0, 0.05) is 19.2 Å². The molecule has 5 nitrogen and oxygen atoms in total. The summed E-state index contributed by atoms with van der Waals surface area (Å²) < 4.78 is 52.8. The number of sulfone groups is 1. The lowest BCUT2D eigenvalue weighted by Gasteiger charge is -2.31. The highest BCUT2D eigenvalue weighted by molar-refractivity contribution is 7.92. The van der Waals surface area contributed by atoms with E-state index < -0.39 is 32.8 Å². The molecule has 0 aliphatic carbocycles. The van der Waals surface area contributed by atoms with E-state index in [1.807, 2.05) is 16.8 Å². The van der Waals surface area contributed by atoms with E-state index >= 15 is 0 Å². The van der Waals surface area contributed by atoms with E-state index in [0.717, 1.165) is 23.3 Å². The minimum Gasteiger partial charge on any atom is -0.324 e. The second-order valence-corrected chi connectivity index (χ2v) is 10.3. The van der Waals surface area contributed by atoms with E-state index in [0.29, 0.717) is 6.07 Å². The number of likely N-dealkylation sites (tertiary alicyclic amines) is 1. The van der Waals surface area contributed by atoms with Crippen molar-refractivity contribution in [2.75, 3.05) is 18.4 Å². The van der Waals surface area contributed by atoms with Crippen molar-refractivity contribution in [3.63, 3.8) is 0 Å². The van der Waals surface area contributed by atoms with E-state index in [2.05, 4.69) is 5.32 Å². The first-order valence-corrected chi connectivity index (χ1v) is 12.2. The molecule has 1 N–H and O–H groups in total. The van der Waals surface area contributed by atoms with Crippen molar-refractivity contribution in [3.05, 3.63) is 70.9 Å². The number of carbonyl (C=O) groups is 1. The zero-order chi connectivity index (χ0) is 22.0. The average molecular weight is 463 g/mol. The molecule has 2 amide bonds. The van der Waals surface area contributed by atoms with Crippen LogP contribution in [0.4, 0.5) is 19.3 Å². The summed E-state index contributed by atoms with van der Waals surface area (Å²) in [6.07, 6.45) is 0.571. The van der Waals surface area contributed by atoms with Gasteiger partial charge >= 0.3 is 6.03 Å². The number of piperidine rings is 1. The lowest BCUT2D eigenvalue weighted by Crippen LogP contribution is -2.44. The maximum absolute atomic E-state index is 13.8. The average Bonchev–Trinajstić information content (AvgIpc) is 3.31. The largest absolute Gasteiger partial charge is 0.324 e. The van der Waals surface area contributed by atoms with Gasteiger partial charge in [-0.3, -0.25) is 0 Å². The Morgan fingerprint density at radius 3 is 2.32 bits per heavy atom. The first kappa shape index (κ1) is 21.5. The van der Waals surface area contributed by atoms with Crippen molar-refractivity contribution in [1.82, 2.24) is 4.90 Å². The standard InChI is InChI=1S/C22H20F2N2O3S2/c23-17-3-6-21(20(24)13-17)25-22(27)26-10-7-19(8-11-26)31(28,29)18-4-1-15(2-5-18)16-9-12-30-14-16/h1-6,9,12-14,19H,7-8,10-11H2,(H,25,27). The predicted octanol–water partition coefficient (Wildman–Crippen LogP) is 5.16. The van der Waals surface area contributed by atoms with Gasteiger partial charge in [-0.1, -0.05) is 12.1 Å². The summed E-state index contributed by atoms with van der Waals surface area (Å²) in [6, 6.07) is 11.2. The highest BCUT2D eigenvalue weighted by Crippen LogP contribution is 2.28. The number of thiophene rings is 1. The van der Waals surface area contributed by atoms with Gasteiger partial charge in [0.1, 0.15) is 11.6 Å². The van der Waals surface area contributed by atoms with Crippen LogP contribution < -0.4 is 5.32 Å². The Morgan fingerprint density at radius 1 is 1.00 bits per heavy atom. The Balaban J connectivity index is 1.39. The fourth-order valence-corrected chi connectivity index (χ4v) is 6.01. The van der Waals surface area contributed by atoms with Gasteiger partial charge in [0.15, 0.2) is 9.84 Å². The normalized spacial score (nSPS) is 15.1. The van der Waals surface area contributed by atoms with Crippen molar-refractivity contribution >= 4 is 32.9 Å². The van der Waals surface area contributed by atoms with E-state index in [9.17, 15) is 22.0 Å². The maximum Gasteiger partial charge on any atom is 0.321 e. The highest BCUT2D eigenvalue weighted by Gasteiger charge is 2.33. The van der Waals surface area contributed by atoms with Crippen molar-refractivity contribution in [2.24, 2.45) is 0 Å². The number of rotatable bonds is 4. The SMILES string of the molecule is O=C(Nc1ccc(F)cc1F)N1CCC(S(=O)(=O)c2ccc(-c3ccsc3)cc2)CC1. The highest BCUT2D eigenvalue weighted by atomic mass is 32.2. The molecule has 2 heterocycles. The van der Waals surface area contributed by atoms with Crippen LogP contribution in [0.15, 0.2) is 64.2 Å². The van der Waals surface area contributed by atoms with Gasteiger partial charge < -0.3 is 10.2 Å². The Kier molecular flexibility index (Phi) is 6.06. The van der Waals surface area contributed by atoms with Crippen LogP contribution in [0.1, 0.15) is 12.8 Å². The quantitative estimate of drug-likeness (QED) is 0.582. The first-order chi connectivity index (χ1) is 14.8. The molecule has 0 atom stereocenters. The van der Waals surface area contributed by atoms with Crippen molar-refractivity contribution in [3.8, 4) is 11.1 Å². The molecule has 1 aliphatic rings. The number of halogens is 2. The number of urea groups is 1. The molecule has 0 unspecified atom stereocenters. The van der Waals surface area contributed by atoms with Gasteiger partial charge in [-0.15, -0.1) is 0 Å². The van der Waals surface area contributed by atoms with Crippen molar-refractivity contribution in [2.45, 2.75) is 23.0 Å². The molecule has 2 aromatic carbocycles. The molecular formula is C22H20F2N2O3S2. The van der Waals surface area contributed by atoms with Crippen LogP contribution in [0, 0.1) is 11.6 Å². The molecule has 3 aromatic rings. The molecule has 1 fully saturated rings. The smallest absolute Gasteiger partial charge is 0.321 e. The summed E-state index contributed by atoms with van der Waals surface area (Å²) in [4.78, 5) is 14.1. The summed E-state index contributed by atoms with van der Waals surface area (Å²) in [5.41, 5.74) is 1.89. The molecule has 31 heavy (non-hydrogen) atoms. The number of hydrogen-bond acceptors (Lipinski definition) is 4. The Morgan fingerprint density at radius 2 is 1.71 bits per heavy atom. The Labute approximate surface area is 183 Å². The molecule has 162 valence electrons. The molecular weight excluding hydrogens is 442 g/mol. The van der Waals surface area contributed by atoms with E-state index in [1.54, 1.807) is 35.6 Å². The zero-order valence-corrected chi connectivity index (χ0v) is 18.1. The fourth-order valence-electron chi connectivity index (χ4n) is 3.61. The van der Waals surface area contributed by atoms with Crippen LogP contribution in [-0.4, -0.2) is 37.7 Å². The maximum atomic E-state index is 13.8. The number of hydrogen-bond donors (Lipinski definition) is 1. The topological polar surface area (TPSA) is 66.5 Å². The molecule has 0 saturated carbocycles. The van der Waals surface area contributed by atoms with Crippen LogP contribution in [0.3, 0.4) is 0 Å². The van der Waals surface area contributed by atoms with E-state index in [1.165, 1.54) is 4.90 Å². The zero-order valence-electron chi connectivity index (χ0n) is 16.4. The lowest BCUT2D eigenvalue weighted by molar-refractivity contribution is 0.200. The Bertz CT molecular complexity index is 1170. The Hall–Kier alpha value is -2.78. The molecule has 1 saturated heterocycles. The minimum atomic E-state index is -3.52. The monoisotopic (exact) mass is 462 g/mol. The summed E-state index contributed by atoms with van der Waals surface area (Å²) in [6.45, 7) is 0.455. The second kappa shape index (κ2) is 8.76. The third kappa shape index (κ3) is 4.62. The third-order valence-electron chi connectivity index (χ3n) is 5.38. The predicted molar refractivity (Wildman–Crippen MR) is 117 cm³/mol. The van der Waals surface area contributed by atoms with Crippen LogP contribution in [-0.2, 0) is 9.84 Å². The molecule has 9 heteroatoms. The molecule has 0 spiro atoms. The number of carbonyl (C=O) groups excluding carboxylic acids is 1. The summed E-state index contributed by atoms with van der Waals surface area (Å²) >= 11 is 1.58. The molecule has 0 radical (unpaired) electrons. The summed E-state index contributed by atoms with van der Waals surface area (Å²) in [5.74, 6) is -1.60. The first-order valence-electron chi connectivity index (χ1n) is 9.72. The lowest BCUT2D eigenvalue weighted by atomic mass is 10.1. The fraction of sp³-hybridized carbons (Fsp3) is 0.227.